The number of nitrogens with one attached hydrogen (secondary N) is 2. The summed E-state index contributed by atoms with van der Waals surface area (Å²) in [6.45, 7) is 6.05. The highest BCUT2D eigenvalue weighted by Gasteiger charge is 2.37. The molecule has 2 aliphatic rings. The van der Waals surface area contributed by atoms with Gasteiger partial charge in [0.15, 0.2) is 0 Å². The van der Waals surface area contributed by atoms with Crippen molar-refractivity contribution in [3.63, 3.8) is 0 Å². The van der Waals surface area contributed by atoms with Crippen LogP contribution in [0.2, 0.25) is 5.02 Å². The van der Waals surface area contributed by atoms with Crippen molar-refractivity contribution in [1.82, 2.24) is 25.1 Å². The molecule has 1 spiro atoms. The Kier molecular flexibility index (Phi) is 5.58. The standard InChI is InChI=1S/C19H21ClN6O.C2H6/c20-14-12(3-8-21-18(14)27)15-16-17(25-24-15)23-13(11-22-16)26-9-6-19(7-10-26)4-1-2-5-19;1-2/h3,8,11H,1-2,4-7,9-10H2,(H,21,27)(H,23,24,25);1-2H3. The minimum atomic E-state index is -0.337. The largest absolute Gasteiger partial charge is 0.355 e. The minimum Gasteiger partial charge on any atom is -0.355 e. The zero-order chi connectivity index (χ0) is 20.4. The summed E-state index contributed by atoms with van der Waals surface area (Å²) in [6, 6.07) is 1.73. The lowest BCUT2D eigenvalue weighted by molar-refractivity contribution is 0.226. The van der Waals surface area contributed by atoms with Gasteiger partial charge in [0.2, 0.25) is 5.65 Å². The number of halogens is 1. The van der Waals surface area contributed by atoms with Gasteiger partial charge in [0.25, 0.3) is 5.56 Å². The molecule has 1 saturated heterocycles. The summed E-state index contributed by atoms with van der Waals surface area (Å²) in [5.41, 5.74) is 2.59. The number of aromatic amines is 2. The van der Waals surface area contributed by atoms with Crippen molar-refractivity contribution >= 4 is 28.6 Å². The van der Waals surface area contributed by atoms with Gasteiger partial charge in [-0.05, 0) is 37.2 Å². The second kappa shape index (κ2) is 8.14. The lowest BCUT2D eigenvalue weighted by Gasteiger charge is -2.39. The molecule has 0 amide bonds. The number of rotatable bonds is 2. The van der Waals surface area contributed by atoms with Gasteiger partial charge in [-0.2, -0.15) is 5.10 Å². The second-order valence-electron chi connectivity index (χ2n) is 7.73. The summed E-state index contributed by atoms with van der Waals surface area (Å²) in [6.07, 6.45) is 11.4. The first-order valence-corrected chi connectivity index (χ1v) is 10.9. The van der Waals surface area contributed by atoms with E-state index < -0.39 is 0 Å². The average Bonchev–Trinajstić information content (AvgIpc) is 3.39. The number of anilines is 1. The highest BCUT2D eigenvalue weighted by molar-refractivity contribution is 6.33. The summed E-state index contributed by atoms with van der Waals surface area (Å²) >= 11 is 6.15. The number of hydrogen-bond donors (Lipinski definition) is 2. The number of H-pyrrole nitrogens is 2. The van der Waals surface area contributed by atoms with Crippen LogP contribution in [0.3, 0.4) is 0 Å². The van der Waals surface area contributed by atoms with E-state index in [1.165, 1.54) is 38.5 Å². The van der Waals surface area contributed by atoms with Gasteiger partial charge in [-0.1, -0.05) is 38.3 Å². The zero-order valence-electron chi connectivity index (χ0n) is 17.0. The molecule has 8 heteroatoms. The number of hydrogen-bond acceptors (Lipinski definition) is 5. The Balaban J connectivity index is 0.000000994. The van der Waals surface area contributed by atoms with Crippen molar-refractivity contribution in [1.29, 1.82) is 0 Å². The summed E-state index contributed by atoms with van der Waals surface area (Å²) in [4.78, 5) is 25.9. The molecule has 3 aromatic rings. The van der Waals surface area contributed by atoms with E-state index in [9.17, 15) is 4.79 Å². The van der Waals surface area contributed by atoms with Crippen LogP contribution in [0.1, 0.15) is 52.4 Å². The molecule has 0 unspecified atom stereocenters. The molecule has 4 heterocycles. The fourth-order valence-electron chi connectivity index (χ4n) is 4.61. The van der Waals surface area contributed by atoms with E-state index >= 15 is 0 Å². The average molecular weight is 415 g/mol. The van der Waals surface area contributed by atoms with Crippen molar-refractivity contribution in [2.45, 2.75) is 52.4 Å². The van der Waals surface area contributed by atoms with Gasteiger partial charge >= 0.3 is 0 Å². The highest BCUT2D eigenvalue weighted by Crippen LogP contribution is 2.46. The Morgan fingerprint density at radius 3 is 2.59 bits per heavy atom. The number of fused-ring (bicyclic) bond motifs is 1. The minimum absolute atomic E-state index is 0.117. The van der Waals surface area contributed by atoms with Gasteiger partial charge in [0.1, 0.15) is 16.4 Å². The molecule has 29 heavy (non-hydrogen) atoms. The lowest BCUT2D eigenvalue weighted by Crippen LogP contribution is -2.39. The molecule has 1 aliphatic heterocycles. The number of pyridine rings is 1. The topological polar surface area (TPSA) is 90.6 Å². The van der Waals surface area contributed by atoms with Crippen LogP contribution in [0.5, 0.6) is 0 Å². The first kappa shape index (κ1) is 19.9. The summed E-state index contributed by atoms with van der Waals surface area (Å²) < 4.78 is 0. The Bertz CT molecular complexity index is 1040. The maximum absolute atomic E-state index is 11.8. The maximum atomic E-state index is 11.8. The molecule has 3 aromatic heterocycles. The van der Waals surface area contributed by atoms with Gasteiger partial charge in [0.05, 0.1) is 11.9 Å². The Hall–Kier alpha value is -2.41. The fourth-order valence-corrected chi connectivity index (χ4v) is 4.83. The molecular formula is C21H27ClN6O. The predicted molar refractivity (Wildman–Crippen MR) is 116 cm³/mol. The van der Waals surface area contributed by atoms with E-state index in [0.29, 0.717) is 27.8 Å². The molecule has 0 atom stereocenters. The molecule has 0 radical (unpaired) electrons. The number of nitrogens with zero attached hydrogens (tertiary/aromatic N) is 4. The van der Waals surface area contributed by atoms with Gasteiger partial charge < -0.3 is 9.88 Å². The van der Waals surface area contributed by atoms with Gasteiger partial charge in [0, 0.05) is 24.8 Å². The quantitative estimate of drug-likeness (QED) is 0.642. The van der Waals surface area contributed by atoms with Crippen LogP contribution in [0.15, 0.2) is 23.3 Å². The van der Waals surface area contributed by atoms with Gasteiger partial charge in [-0.3, -0.25) is 9.89 Å². The molecule has 1 saturated carbocycles. The smallest absolute Gasteiger partial charge is 0.267 e. The summed E-state index contributed by atoms with van der Waals surface area (Å²) in [7, 11) is 0. The van der Waals surface area contributed by atoms with E-state index in [4.69, 9.17) is 16.6 Å². The molecule has 2 fully saturated rings. The number of piperidine rings is 1. The van der Waals surface area contributed by atoms with Crippen molar-refractivity contribution in [3.8, 4) is 11.3 Å². The Morgan fingerprint density at radius 2 is 1.86 bits per heavy atom. The first-order chi connectivity index (χ1) is 14.2. The molecule has 7 nitrogen and oxygen atoms in total. The van der Waals surface area contributed by atoms with Gasteiger partial charge in [-0.25, -0.2) is 9.97 Å². The van der Waals surface area contributed by atoms with Crippen molar-refractivity contribution < 1.29 is 0 Å². The van der Waals surface area contributed by atoms with Crippen LogP contribution in [-0.4, -0.2) is 38.2 Å². The molecule has 2 N–H and O–H groups in total. The first-order valence-electron chi connectivity index (χ1n) is 10.5. The van der Waals surface area contributed by atoms with Crippen molar-refractivity contribution in [2.24, 2.45) is 5.41 Å². The van der Waals surface area contributed by atoms with Crippen molar-refractivity contribution in [2.75, 3.05) is 18.0 Å². The third-order valence-electron chi connectivity index (χ3n) is 6.23. The summed E-state index contributed by atoms with van der Waals surface area (Å²) in [5, 5.41) is 7.35. The van der Waals surface area contributed by atoms with E-state index in [1.54, 1.807) is 18.5 Å². The maximum Gasteiger partial charge on any atom is 0.267 e. The predicted octanol–water partition coefficient (Wildman–Crippen LogP) is 4.55. The van der Waals surface area contributed by atoms with E-state index in [2.05, 4.69) is 25.1 Å². The molecule has 0 aromatic carbocycles. The third-order valence-corrected chi connectivity index (χ3v) is 6.61. The van der Waals surface area contributed by atoms with Crippen LogP contribution >= 0.6 is 11.6 Å². The fraction of sp³-hybridized carbons (Fsp3) is 0.524. The molecular weight excluding hydrogens is 388 g/mol. The van der Waals surface area contributed by atoms with Crippen LogP contribution in [0, 0.1) is 5.41 Å². The van der Waals surface area contributed by atoms with Crippen LogP contribution in [-0.2, 0) is 0 Å². The molecule has 5 rings (SSSR count). The Morgan fingerprint density at radius 1 is 1.14 bits per heavy atom. The zero-order valence-corrected chi connectivity index (χ0v) is 17.7. The van der Waals surface area contributed by atoms with Crippen LogP contribution in [0.25, 0.3) is 22.4 Å². The highest BCUT2D eigenvalue weighted by atomic mass is 35.5. The second-order valence-corrected chi connectivity index (χ2v) is 8.11. The van der Waals surface area contributed by atoms with Crippen LogP contribution in [0.4, 0.5) is 5.82 Å². The SMILES string of the molecule is CC.O=c1[nH]ccc(-c2[nH]nc3nc(N4CCC5(CCCC5)CC4)cnc23)c1Cl. The number of aromatic nitrogens is 5. The summed E-state index contributed by atoms with van der Waals surface area (Å²) in [5.74, 6) is 0.866. The van der Waals surface area contributed by atoms with E-state index in [-0.39, 0.29) is 10.6 Å². The van der Waals surface area contributed by atoms with E-state index in [0.717, 1.165) is 18.9 Å². The molecule has 154 valence electrons. The van der Waals surface area contributed by atoms with Crippen molar-refractivity contribution in [3.05, 3.63) is 33.8 Å². The molecule has 0 bridgehead atoms. The van der Waals surface area contributed by atoms with Crippen LogP contribution < -0.4 is 10.5 Å². The normalized spacial score (nSPS) is 18.1. The third kappa shape index (κ3) is 3.64. The van der Waals surface area contributed by atoms with Gasteiger partial charge in [-0.15, -0.1) is 0 Å². The Labute approximate surface area is 174 Å². The monoisotopic (exact) mass is 414 g/mol. The lowest BCUT2D eigenvalue weighted by atomic mass is 9.77. The van der Waals surface area contributed by atoms with E-state index in [1.807, 2.05) is 13.8 Å². The molecule has 1 aliphatic carbocycles.